The maximum Gasteiger partial charge on any atom is 0.142 e. The molecule has 2 N–H and O–H groups in total. The molecular weight excluding hydrogens is 150 g/mol. The molecule has 0 fully saturated rings. The minimum Gasteiger partial charge on any atom is -0.495 e. The van der Waals surface area contributed by atoms with Crippen molar-refractivity contribution in [1.29, 1.82) is 0 Å². The molecule has 2 heteroatoms. The van der Waals surface area contributed by atoms with E-state index in [0.29, 0.717) is 5.69 Å². The number of ether oxygens (including phenoxy) is 1. The summed E-state index contributed by atoms with van der Waals surface area (Å²) in [5.41, 5.74) is 8.97. The number of hydrogen-bond donors (Lipinski definition) is 1. The van der Waals surface area contributed by atoms with Gasteiger partial charge in [-0.05, 0) is 36.6 Å². The largest absolute Gasteiger partial charge is 0.495 e. The van der Waals surface area contributed by atoms with Crippen LogP contribution in [0.5, 0.6) is 5.75 Å². The van der Waals surface area contributed by atoms with Crippen molar-refractivity contribution >= 4 is 5.69 Å². The van der Waals surface area contributed by atoms with Gasteiger partial charge in [0.2, 0.25) is 0 Å². The van der Waals surface area contributed by atoms with Crippen LogP contribution in [0.3, 0.4) is 0 Å². The zero-order valence-electron chi connectivity index (χ0n) is 7.85. The van der Waals surface area contributed by atoms with Gasteiger partial charge in [0.05, 0.1) is 12.8 Å². The van der Waals surface area contributed by atoms with Crippen LogP contribution in [-0.2, 0) is 6.42 Å². The third-order valence-electron chi connectivity index (χ3n) is 2.07. The van der Waals surface area contributed by atoms with Gasteiger partial charge in [0.1, 0.15) is 5.75 Å². The minimum absolute atomic E-state index is 0.715. The summed E-state index contributed by atoms with van der Waals surface area (Å²) >= 11 is 0. The molecule has 0 radical (unpaired) electrons. The predicted molar refractivity (Wildman–Crippen MR) is 51.5 cm³/mol. The first-order valence-corrected chi connectivity index (χ1v) is 4.12. The van der Waals surface area contributed by atoms with E-state index in [0.717, 1.165) is 12.2 Å². The Hall–Kier alpha value is -1.18. The quantitative estimate of drug-likeness (QED) is 0.681. The van der Waals surface area contributed by atoms with E-state index < -0.39 is 0 Å². The number of nitrogens with two attached hydrogens (primary N) is 1. The summed E-state index contributed by atoms with van der Waals surface area (Å²) in [7, 11) is 1.64. The Balaban J connectivity index is 3.18. The second-order valence-corrected chi connectivity index (χ2v) is 2.87. The average molecular weight is 165 g/mol. The third kappa shape index (κ3) is 1.52. The van der Waals surface area contributed by atoms with Crippen LogP contribution in [0.2, 0.25) is 0 Å². The monoisotopic (exact) mass is 165 g/mol. The van der Waals surface area contributed by atoms with Gasteiger partial charge in [-0.25, -0.2) is 0 Å². The molecule has 1 rings (SSSR count). The van der Waals surface area contributed by atoms with Gasteiger partial charge >= 0.3 is 0 Å². The number of rotatable bonds is 2. The van der Waals surface area contributed by atoms with Gasteiger partial charge < -0.3 is 10.5 Å². The van der Waals surface area contributed by atoms with Crippen LogP contribution in [0.1, 0.15) is 18.1 Å². The van der Waals surface area contributed by atoms with Crippen LogP contribution >= 0.6 is 0 Å². The summed E-state index contributed by atoms with van der Waals surface area (Å²) in [6.07, 6.45) is 1.02. The van der Waals surface area contributed by atoms with Crippen molar-refractivity contribution in [2.45, 2.75) is 20.3 Å². The number of hydrogen-bond acceptors (Lipinski definition) is 2. The first kappa shape index (κ1) is 8.91. The maximum absolute atomic E-state index is 5.73. The van der Waals surface area contributed by atoms with Crippen LogP contribution in [0.15, 0.2) is 12.1 Å². The highest BCUT2D eigenvalue weighted by Gasteiger charge is 2.02. The summed E-state index contributed by atoms with van der Waals surface area (Å²) < 4.78 is 5.12. The summed E-state index contributed by atoms with van der Waals surface area (Å²) in [6, 6.07) is 3.96. The highest BCUT2D eigenvalue weighted by Crippen LogP contribution is 2.25. The van der Waals surface area contributed by atoms with Gasteiger partial charge in [0, 0.05) is 0 Å². The van der Waals surface area contributed by atoms with Gasteiger partial charge in [-0.15, -0.1) is 0 Å². The average Bonchev–Trinajstić information content (AvgIpc) is 2.05. The lowest BCUT2D eigenvalue weighted by Gasteiger charge is -2.09. The van der Waals surface area contributed by atoms with Gasteiger partial charge in [0.25, 0.3) is 0 Å². The van der Waals surface area contributed by atoms with Gasteiger partial charge in [0.15, 0.2) is 0 Å². The number of benzene rings is 1. The smallest absolute Gasteiger partial charge is 0.142 e. The molecule has 0 spiro atoms. The fourth-order valence-electron chi connectivity index (χ4n) is 1.31. The summed E-state index contributed by atoms with van der Waals surface area (Å²) in [5.74, 6) is 0.775. The molecule has 0 atom stereocenters. The number of aryl methyl sites for hydroxylation is 2. The van der Waals surface area contributed by atoms with Crippen molar-refractivity contribution < 1.29 is 4.74 Å². The molecule has 1 aromatic carbocycles. The zero-order valence-corrected chi connectivity index (χ0v) is 7.85. The van der Waals surface area contributed by atoms with E-state index >= 15 is 0 Å². The van der Waals surface area contributed by atoms with Crippen LogP contribution in [0.4, 0.5) is 5.69 Å². The molecule has 0 amide bonds. The number of nitrogen functional groups attached to an aromatic ring is 1. The Bertz CT molecular complexity index is 256. The van der Waals surface area contributed by atoms with Crippen molar-refractivity contribution in [2.75, 3.05) is 12.8 Å². The lowest BCUT2D eigenvalue weighted by atomic mass is 10.1. The van der Waals surface area contributed by atoms with Crippen molar-refractivity contribution in [3.8, 4) is 5.75 Å². The summed E-state index contributed by atoms with van der Waals surface area (Å²) in [5, 5.41) is 0. The molecule has 0 unspecified atom stereocenters. The maximum atomic E-state index is 5.73. The van der Waals surface area contributed by atoms with E-state index in [-0.39, 0.29) is 0 Å². The first-order valence-electron chi connectivity index (χ1n) is 4.12. The predicted octanol–water partition coefficient (Wildman–Crippen LogP) is 2.15. The van der Waals surface area contributed by atoms with Crippen molar-refractivity contribution in [3.05, 3.63) is 23.3 Å². The van der Waals surface area contributed by atoms with Gasteiger partial charge in [-0.3, -0.25) is 0 Å². The van der Waals surface area contributed by atoms with E-state index in [2.05, 4.69) is 13.8 Å². The van der Waals surface area contributed by atoms with Gasteiger partial charge in [-0.2, -0.15) is 0 Å². The first-order chi connectivity index (χ1) is 5.69. The molecule has 1 aromatic rings. The van der Waals surface area contributed by atoms with Crippen LogP contribution in [0.25, 0.3) is 0 Å². The topological polar surface area (TPSA) is 35.2 Å². The molecule has 0 aliphatic carbocycles. The molecular formula is C10H15NO. The molecule has 0 saturated heterocycles. The van der Waals surface area contributed by atoms with E-state index in [1.54, 1.807) is 7.11 Å². The van der Waals surface area contributed by atoms with Crippen molar-refractivity contribution in [1.82, 2.24) is 0 Å². The Kier molecular flexibility index (Phi) is 2.58. The SMILES string of the molecule is CCc1cc(OC)c(N)cc1C. The van der Waals surface area contributed by atoms with E-state index in [1.807, 2.05) is 12.1 Å². The third-order valence-corrected chi connectivity index (χ3v) is 2.07. The van der Waals surface area contributed by atoms with E-state index in [1.165, 1.54) is 11.1 Å². The molecule has 66 valence electrons. The molecule has 0 heterocycles. The minimum atomic E-state index is 0.715. The molecule has 0 aliphatic rings. The molecule has 0 aromatic heterocycles. The second-order valence-electron chi connectivity index (χ2n) is 2.87. The van der Waals surface area contributed by atoms with Crippen LogP contribution < -0.4 is 10.5 Å². The standard InChI is InChI=1S/C10H15NO/c1-4-8-6-10(12-3)9(11)5-7(8)2/h5-6H,4,11H2,1-3H3. The Morgan fingerprint density at radius 2 is 2.08 bits per heavy atom. The van der Waals surface area contributed by atoms with Crippen molar-refractivity contribution in [2.24, 2.45) is 0 Å². The summed E-state index contributed by atoms with van der Waals surface area (Å²) in [4.78, 5) is 0. The van der Waals surface area contributed by atoms with E-state index in [9.17, 15) is 0 Å². The molecule has 2 nitrogen and oxygen atoms in total. The number of methoxy groups -OCH3 is 1. The Labute approximate surface area is 73.3 Å². The lowest BCUT2D eigenvalue weighted by molar-refractivity contribution is 0.416. The highest BCUT2D eigenvalue weighted by atomic mass is 16.5. The fraction of sp³-hybridized carbons (Fsp3) is 0.400. The molecule has 0 bridgehead atoms. The number of anilines is 1. The molecule has 12 heavy (non-hydrogen) atoms. The second kappa shape index (κ2) is 3.48. The molecule has 0 saturated carbocycles. The van der Waals surface area contributed by atoms with E-state index in [4.69, 9.17) is 10.5 Å². The lowest BCUT2D eigenvalue weighted by Crippen LogP contribution is -1.96. The summed E-state index contributed by atoms with van der Waals surface area (Å²) in [6.45, 7) is 4.19. The molecule has 0 aliphatic heterocycles. The van der Waals surface area contributed by atoms with Gasteiger partial charge in [-0.1, -0.05) is 6.92 Å². The Morgan fingerprint density at radius 1 is 1.42 bits per heavy atom. The van der Waals surface area contributed by atoms with Crippen LogP contribution in [0, 0.1) is 6.92 Å². The zero-order chi connectivity index (χ0) is 9.14. The van der Waals surface area contributed by atoms with Crippen LogP contribution in [-0.4, -0.2) is 7.11 Å². The highest BCUT2D eigenvalue weighted by molar-refractivity contribution is 5.56. The fourth-order valence-corrected chi connectivity index (χ4v) is 1.31. The normalized spacial score (nSPS) is 9.92. The van der Waals surface area contributed by atoms with Crippen molar-refractivity contribution in [3.63, 3.8) is 0 Å². The Morgan fingerprint density at radius 3 is 2.58 bits per heavy atom.